The van der Waals surface area contributed by atoms with E-state index in [0.29, 0.717) is 16.7 Å². The number of carbonyl (C=O) groups excluding carboxylic acids is 8. The van der Waals surface area contributed by atoms with Gasteiger partial charge in [-0.1, -0.05) is 121 Å². The van der Waals surface area contributed by atoms with Crippen LogP contribution < -0.4 is 31.0 Å². The number of esters is 1. The van der Waals surface area contributed by atoms with E-state index in [1.165, 1.54) is 21.0 Å². The van der Waals surface area contributed by atoms with E-state index >= 15 is 28.8 Å². The van der Waals surface area contributed by atoms with E-state index in [1.807, 2.05) is 261 Å². The van der Waals surface area contributed by atoms with Crippen molar-refractivity contribution in [3.8, 4) is 11.1 Å². The molecule has 0 fully saturated rings. The summed E-state index contributed by atoms with van der Waals surface area (Å²) in [6.07, 6.45) is -4.05. The summed E-state index contributed by atoms with van der Waals surface area (Å²) >= 11 is -0.612. The van der Waals surface area contributed by atoms with Crippen LogP contribution in [-0.2, 0) is 54.1 Å². The van der Waals surface area contributed by atoms with E-state index in [0.717, 1.165) is 53.2 Å². The van der Waals surface area contributed by atoms with Gasteiger partial charge < -0.3 is 0 Å². The molecule has 0 aliphatic heterocycles. The minimum absolute atomic E-state index is 0.128. The molecule has 1 aliphatic rings. The number of fused-ring (bicyclic) bond motifs is 3. The number of amides is 7. The van der Waals surface area contributed by atoms with Gasteiger partial charge in [0.2, 0.25) is 0 Å². The van der Waals surface area contributed by atoms with Gasteiger partial charge >= 0.3 is 462 Å². The van der Waals surface area contributed by atoms with Crippen LogP contribution in [0.15, 0.2) is 261 Å². The summed E-state index contributed by atoms with van der Waals surface area (Å²) in [5, 5.41) is 26.5. The molecule has 18 nitrogen and oxygen atoms in total. The topological polar surface area (TPSA) is 242 Å². The Morgan fingerprint density at radius 3 is 1.30 bits per heavy atom. The number of likely N-dealkylation sites (N-methyl/N-ethyl adjacent to an activating group) is 2. The van der Waals surface area contributed by atoms with Gasteiger partial charge in [0, 0.05) is 5.92 Å². The van der Waals surface area contributed by atoms with Gasteiger partial charge in [0.25, 0.3) is 0 Å². The zero-order chi connectivity index (χ0) is 73.3. The third kappa shape index (κ3) is 18.0. The quantitative estimate of drug-likeness (QED) is 0.0146. The molecule has 0 unspecified atom stereocenters. The molecule has 6 atom stereocenters. The van der Waals surface area contributed by atoms with Crippen LogP contribution in [0.4, 0.5) is 4.79 Å². The van der Waals surface area contributed by atoms with Gasteiger partial charge in [0.05, 0.1) is 0 Å². The maximum atomic E-state index is 16.0. The fourth-order valence-corrected chi connectivity index (χ4v) is 15.6. The van der Waals surface area contributed by atoms with Crippen molar-refractivity contribution in [2.75, 3.05) is 27.2 Å². The van der Waals surface area contributed by atoms with Gasteiger partial charge in [-0.15, -0.1) is 0 Å². The Hall–Kier alpha value is -11.0. The minimum atomic E-state index is -1.80. The molecule has 10 rings (SSSR count). The van der Waals surface area contributed by atoms with E-state index in [1.54, 1.807) is 27.7 Å². The van der Waals surface area contributed by atoms with Crippen LogP contribution in [-0.4, -0.2) is 140 Å². The molecule has 0 heterocycles. The van der Waals surface area contributed by atoms with Crippen LogP contribution in [0.3, 0.4) is 0 Å². The second kappa shape index (κ2) is 34.1. The summed E-state index contributed by atoms with van der Waals surface area (Å²) in [6.45, 7) is 7.45. The SMILES string of the molecule is C[C@H]([Se]c1ccccc1)[C@H](NC(=O)[C@H](CC(=O)NC(c1ccccc1)(c1ccccc1)c1ccccc1)N(C)C(=O)[C@@H](NC(=O)OCC1c2ccccc2-c2ccccc21)[C@@H](C)O)C(=O)N[C@@H](CCC(=O)NC(c1ccccc1)(c1ccccc1)c1ccccc1)C(=O)N(C)CC(=O)OC(C)(C)C. The average molecular weight is 1450 g/mol. The Morgan fingerprint density at radius 1 is 0.485 bits per heavy atom. The summed E-state index contributed by atoms with van der Waals surface area (Å²) in [6, 6.07) is 74.4. The first-order valence-electron chi connectivity index (χ1n) is 34.4. The van der Waals surface area contributed by atoms with Crippen molar-refractivity contribution in [1.82, 2.24) is 36.4 Å². The monoisotopic (exact) mass is 1450 g/mol. The average Bonchev–Trinajstić information content (AvgIpc) is 1.72. The van der Waals surface area contributed by atoms with Gasteiger partial charge in [-0.25, -0.2) is 0 Å². The predicted molar refractivity (Wildman–Crippen MR) is 397 cm³/mol. The fraction of sp³-hybridized carbons (Fsp3) is 0.262. The standard InChI is InChI=1S/C84H87N7O11Se/c1-56(92)75(87-81(100)101-55-69-67-49-31-29-47-65(67)66-48-30-32-50-68(66)69)80(99)91(7)71(53-73(94)89-84(61-39-21-11-22-40-61,62-41-23-12-24-42-62)63-43-25-13-26-44-63)77(96)86-76(57(2)103-64-45-27-14-28-46-64)78(97)85-70(79(98)90(6)54-74(95)102-82(3,4)5)51-52-72(93)88-83(58-33-15-8-16-34-58,59-35-17-9-18-36-59)60-37-19-10-20-38-60/h8-50,56-57,69-71,75-76,92H,51-55H2,1-7H3,(H,85,97)(H,86,96)(H,87,100)(H,88,93)(H,89,94)/t56-,57+,70+,71+,75+,76+/m1/s1. The van der Waals surface area contributed by atoms with Crippen LogP contribution >= 0.6 is 0 Å². The number of alkyl carbamates (subject to hydrolysis) is 1. The van der Waals surface area contributed by atoms with Gasteiger partial charge in [-0.05, 0) is 22.3 Å². The second-order valence-corrected chi connectivity index (χ2v) is 29.7. The van der Waals surface area contributed by atoms with Gasteiger partial charge in [0.1, 0.15) is 0 Å². The third-order valence-electron chi connectivity index (χ3n) is 18.3. The van der Waals surface area contributed by atoms with E-state index in [9.17, 15) is 14.7 Å². The second-order valence-electron chi connectivity index (χ2n) is 26.7. The number of aliphatic hydroxyl groups is 1. The number of hydrogen-bond acceptors (Lipinski definition) is 11. The zero-order valence-electron chi connectivity index (χ0n) is 58.7. The molecule has 0 radical (unpaired) electrons. The van der Waals surface area contributed by atoms with Crippen molar-refractivity contribution in [2.24, 2.45) is 0 Å². The normalized spacial score (nSPS) is 13.7. The molecule has 1 aliphatic carbocycles. The molecule has 0 saturated carbocycles. The Kier molecular flexibility index (Phi) is 24.7. The molecule has 103 heavy (non-hydrogen) atoms. The number of rotatable bonds is 29. The Morgan fingerprint density at radius 2 is 0.883 bits per heavy atom. The summed E-state index contributed by atoms with van der Waals surface area (Å²) in [5.74, 6) is -5.94. The molecule has 19 heteroatoms. The van der Waals surface area contributed by atoms with Crippen LogP contribution in [0, 0.1) is 0 Å². The fourth-order valence-electron chi connectivity index (χ4n) is 13.3. The van der Waals surface area contributed by atoms with E-state index < -0.39 is 127 Å². The summed E-state index contributed by atoms with van der Waals surface area (Å²) < 4.78 is 12.3. The van der Waals surface area contributed by atoms with Crippen molar-refractivity contribution in [3.63, 3.8) is 0 Å². The van der Waals surface area contributed by atoms with Crippen molar-refractivity contribution in [1.29, 1.82) is 0 Å². The van der Waals surface area contributed by atoms with Gasteiger partial charge in [-0.3, -0.25) is 0 Å². The first kappa shape index (κ1) is 74.7. The molecule has 9 aromatic carbocycles. The van der Waals surface area contributed by atoms with E-state index in [-0.39, 0.29) is 25.4 Å². The maximum absolute atomic E-state index is 16.0. The van der Waals surface area contributed by atoms with Crippen LogP contribution in [0.2, 0.25) is 4.82 Å². The number of aliphatic hydroxyl groups excluding tert-OH is 1. The third-order valence-corrected chi connectivity index (χ3v) is 20.8. The predicted octanol–water partition coefficient (Wildman–Crippen LogP) is 10.1. The number of carbonyl (C=O) groups is 8. The van der Waals surface area contributed by atoms with E-state index in [4.69, 9.17) is 9.47 Å². The zero-order valence-corrected chi connectivity index (χ0v) is 60.4. The first-order chi connectivity index (χ1) is 49.6. The molecule has 6 N–H and O–H groups in total. The van der Waals surface area contributed by atoms with Gasteiger partial charge in [-0.2, -0.15) is 0 Å². The number of benzene rings is 9. The first-order valence-corrected chi connectivity index (χ1v) is 36.2. The Bertz CT molecular complexity index is 4140. The Balaban J connectivity index is 0.998. The van der Waals surface area contributed by atoms with Crippen LogP contribution in [0.1, 0.15) is 104 Å². The Labute approximate surface area is 608 Å². The molecule has 0 spiro atoms. The number of nitrogens with zero attached hydrogens (tertiary/aromatic N) is 2. The molecular formula is C84H87N7O11Se. The number of ether oxygens (including phenoxy) is 2. The van der Waals surface area contributed by atoms with Crippen molar-refractivity contribution < 1.29 is 52.9 Å². The molecule has 0 saturated heterocycles. The molecular weight excluding hydrogens is 1360 g/mol. The summed E-state index contributed by atoms with van der Waals surface area (Å²) in [5.41, 5.74) is 4.49. The molecule has 9 aromatic rings. The molecule has 7 amide bonds. The van der Waals surface area contributed by atoms with Crippen molar-refractivity contribution in [2.45, 2.75) is 112 Å². The van der Waals surface area contributed by atoms with E-state index in [2.05, 4.69) is 26.6 Å². The molecule has 530 valence electrons. The number of nitrogens with one attached hydrogen (secondary N) is 5. The van der Waals surface area contributed by atoms with Crippen molar-refractivity contribution >= 4 is 66.9 Å². The van der Waals surface area contributed by atoms with Crippen LogP contribution in [0.5, 0.6) is 0 Å². The van der Waals surface area contributed by atoms with Crippen LogP contribution in [0.25, 0.3) is 11.1 Å². The summed E-state index contributed by atoms with van der Waals surface area (Å²) in [7, 11) is 2.65. The summed E-state index contributed by atoms with van der Waals surface area (Å²) in [4.78, 5) is 122. The molecule has 0 aromatic heterocycles. The molecule has 0 bridgehead atoms. The number of hydrogen-bond donors (Lipinski definition) is 6. The van der Waals surface area contributed by atoms with Crippen molar-refractivity contribution in [3.05, 3.63) is 305 Å². The van der Waals surface area contributed by atoms with Gasteiger partial charge in [0.15, 0.2) is 0 Å².